The van der Waals surface area contributed by atoms with E-state index in [0.29, 0.717) is 6.42 Å². The first kappa shape index (κ1) is 27.3. The third-order valence-electron chi connectivity index (χ3n) is 8.28. The summed E-state index contributed by atoms with van der Waals surface area (Å²) in [6.45, 7) is 4.01. The molecule has 5 heteroatoms. The summed E-state index contributed by atoms with van der Waals surface area (Å²) in [4.78, 5) is 2.62. The van der Waals surface area contributed by atoms with Gasteiger partial charge in [-0.1, -0.05) is 121 Å². The van der Waals surface area contributed by atoms with Gasteiger partial charge in [0.25, 0.3) is 10.1 Å². The zero-order chi connectivity index (χ0) is 27.3. The van der Waals surface area contributed by atoms with Crippen molar-refractivity contribution in [2.45, 2.75) is 37.1 Å². The Morgan fingerprint density at radius 3 is 1.67 bits per heavy atom. The molecule has 202 valence electrons. The molecule has 4 aromatic rings. The standard InChI is InChI=1S/C34H37NO3S/c1-28-13-12-20-32(27-28)33(23-26-38-39(2,36)37)21-24-35(25-22-33)34(29-14-6-3-7-15-29,30-16-8-4-9-17-30)31-18-10-5-11-19-31/h3-20,27H,21-26H2,1-2H3. The highest BCUT2D eigenvalue weighted by molar-refractivity contribution is 7.85. The summed E-state index contributed by atoms with van der Waals surface area (Å²) in [5.41, 5.74) is 5.59. The summed E-state index contributed by atoms with van der Waals surface area (Å²) in [6.07, 6.45) is 3.59. The summed E-state index contributed by atoms with van der Waals surface area (Å²) in [6, 6.07) is 41.1. The molecule has 1 saturated heterocycles. The lowest BCUT2D eigenvalue weighted by Crippen LogP contribution is -2.54. The summed E-state index contributed by atoms with van der Waals surface area (Å²) in [7, 11) is -3.49. The average molecular weight is 540 g/mol. The summed E-state index contributed by atoms with van der Waals surface area (Å²) < 4.78 is 28.9. The molecule has 0 radical (unpaired) electrons. The van der Waals surface area contributed by atoms with Gasteiger partial charge in [0.15, 0.2) is 0 Å². The molecule has 4 aromatic carbocycles. The predicted octanol–water partition coefficient (Wildman–Crippen LogP) is 6.69. The van der Waals surface area contributed by atoms with Crippen LogP contribution < -0.4 is 0 Å². The van der Waals surface area contributed by atoms with Crippen LogP contribution in [0.4, 0.5) is 0 Å². The van der Waals surface area contributed by atoms with Crippen molar-refractivity contribution in [1.82, 2.24) is 4.90 Å². The highest BCUT2D eigenvalue weighted by Gasteiger charge is 2.46. The number of aryl methyl sites for hydroxylation is 1. The van der Waals surface area contributed by atoms with Crippen LogP contribution in [0.15, 0.2) is 115 Å². The van der Waals surface area contributed by atoms with Crippen molar-refractivity contribution in [2.75, 3.05) is 26.0 Å². The fourth-order valence-electron chi connectivity index (χ4n) is 6.40. The van der Waals surface area contributed by atoms with Gasteiger partial charge in [-0.15, -0.1) is 0 Å². The second-order valence-electron chi connectivity index (χ2n) is 10.7. The summed E-state index contributed by atoms with van der Waals surface area (Å²) in [5, 5.41) is 0. The molecular formula is C34H37NO3S. The van der Waals surface area contributed by atoms with Crippen LogP contribution in [0.2, 0.25) is 0 Å². The van der Waals surface area contributed by atoms with Gasteiger partial charge in [0.05, 0.1) is 18.4 Å². The van der Waals surface area contributed by atoms with Gasteiger partial charge in [0, 0.05) is 13.1 Å². The molecule has 0 N–H and O–H groups in total. The minimum Gasteiger partial charge on any atom is -0.286 e. The number of benzene rings is 4. The molecule has 0 spiro atoms. The van der Waals surface area contributed by atoms with E-state index < -0.39 is 15.7 Å². The Hall–Kier alpha value is -3.25. The Morgan fingerprint density at radius 2 is 1.23 bits per heavy atom. The number of likely N-dealkylation sites (tertiary alicyclic amines) is 1. The van der Waals surface area contributed by atoms with Gasteiger partial charge in [0.1, 0.15) is 0 Å². The Morgan fingerprint density at radius 1 is 0.744 bits per heavy atom. The van der Waals surface area contributed by atoms with Crippen molar-refractivity contribution in [1.29, 1.82) is 0 Å². The van der Waals surface area contributed by atoms with Crippen LogP contribution in [0.3, 0.4) is 0 Å². The zero-order valence-corrected chi connectivity index (χ0v) is 23.6. The van der Waals surface area contributed by atoms with Gasteiger partial charge >= 0.3 is 0 Å². The molecule has 0 aromatic heterocycles. The van der Waals surface area contributed by atoms with E-state index in [1.807, 2.05) is 0 Å². The minimum absolute atomic E-state index is 0.164. The lowest BCUT2D eigenvalue weighted by molar-refractivity contribution is 0.0770. The van der Waals surface area contributed by atoms with Crippen LogP contribution in [-0.4, -0.2) is 39.3 Å². The van der Waals surface area contributed by atoms with Gasteiger partial charge < -0.3 is 0 Å². The minimum atomic E-state index is -3.49. The Bertz CT molecular complexity index is 1370. The molecule has 39 heavy (non-hydrogen) atoms. The van der Waals surface area contributed by atoms with E-state index in [1.54, 1.807) is 0 Å². The quantitative estimate of drug-likeness (QED) is 0.176. The molecule has 5 rings (SSSR count). The maximum Gasteiger partial charge on any atom is 0.264 e. The largest absolute Gasteiger partial charge is 0.286 e. The van der Waals surface area contributed by atoms with E-state index in [1.165, 1.54) is 27.8 Å². The fraction of sp³-hybridized carbons (Fsp3) is 0.294. The highest BCUT2D eigenvalue weighted by Crippen LogP contribution is 2.47. The lowest BCUT2D eigenvalue weighted by atomic mass is 9.68. The van der Waals surface area contributed by atoms with E-state index in [2.05, 4.69) is 127 Å². The van der Waals surface area contributed by atoms with Crippen LogP contribution in [0, 0.1) is 6.92 Å². The van der Waals surface area contributed by atoms with Crippen LogP contribution in [-0.2, 0) is 25.3 Å². The molecule has 0 amide bonds. The van der Waals surface area contributed by atoms with E-state index in [9.17, 15) is 8.42 Å². The van der Waals surface area contributed by atoms with Gasteiger partial charge in [-0.3, -0.25) is 9.08 Å². The number of piperidine rings is 1. The average Bonchev–Trinajstić information content (AvgIpc) is 2.95. The smallest absolute Gasteiger partial charge is 0.264 e. The van der Waals surface area contributed by atoms with Crippen molar-refractivity contribution < 1.29 is 12.6 Å². The van der Waals surface area contributed by atoms with Gasteiger partial charge in [-0.25, -0.2) is 0 Å². The molecule has 0 atom stereocenters. The molecular weight excluding hydrogens is 502 g/mol. The molecule has 1 heterocycles. The zero-order valence-electron chi connectivity index (χ0n) is 22.8. The maximum atomic E-state index is 11.8. The highest BCUT2D eigenvalue weighted by atomic mass is 32.2. The maximum absolute atomic E-state index is 11.8. The summed E-state index contributed by atoms with van der Waals surface area (Å²) >= 11 is 0. The third-order valence-corrected chi connectivity index (χ3v) is 8.87. The van der Waals surface area contributed by atoms with Crippen molar-refractivity contribution in [3.8, 4) is 0 Å². The first-order valence-corrected chi connectivity index (χ1v) is 15.5. The van der Waals surface area contributed by atoms with Crippen LogP contribution in [0.25, 0.3) is 0 Å². The Balaban J connectivity index is 1.58. The van der Waals surface area contributed by atoms with Crippen LogP contribution in [0.1, 0.15) is 47.1 Å². The SMILES string of the molecule is Cc1cccc(C2(CCOS(C)(=O)=O)CCN(C(c3ccccc3)(c3ccccc3)c3ccccc3)CC2)c1. The number of rotatable bonds is 9. The van der Waals surface area contributed by atoms with E-state index in [-0.39, 0.29) is 12.0 Å². The van der Waals surface area contributed by atoms with E-state index in [0.717, 1.165) is 32.2 Å². The monoisotopic (exact) mass is 539 g/mol. The van der Waals surface area contributed by atoms with Crippen molar-refractivity contribution in [3.63, 3.8) is 0 Å². The molecule has 1 aliphatic heterocycles. The first-order valence-electron chi connectivity index (χ1n) is 13.7. The van der Waals surface area contributed by atoms with Crippen LogP contribution in [0.5, 0.6) is 0 Å². The summed E-state index contributed by atoms with van der Waals surface area (Å²) in [5.74, 6) is 0. The third kappa shape index (κ3) is 5.72. The molecule has 0 unspecified atom stereocenters. The predicted molar refractivity (Wildman–Crippen MR) is 158 cm³/mol. The topological polar surface area (TPSA) is 46.6 Å². The van der Waals surface area contributed by atoms with E-state index >= 15 is 0 Å². The first-order chi connectivity index (χ1) is 18.8. The lowest BCUT2D eigenvalue weighted by Gasteiger charge is -2.51. The fourth-order valence-corrected chi connectivity index (χ4v) is 6.79. The van der Waals surface area contributed by atoms with Gasteiger partial charge in [-0.05, 0) is 53.9 Å². The second kappa shape index (κ2) is 11.5. The Kier molecular flexibility index (Phi) is 8.03. The molecule has 0 bridgehead atoms. The normalized spacial score (nSPS) is 16.2. The number of nitrogens with zero attached hydrogens (tertiary/aromatic N) is 1. The molecule has 1 aliphatic rings. The Labute approximate surface area is 233 Å². The molecule has 4 nitrogen and oxygen atoms in total. The van der Waals surface area contributed by atoms with Gasteiger partial charge in [0.2, 0.25) is 0 Å². The van der Waals surface area contributed by atoms with Crippen molar-refractivity contribution in [3.05, 3.63) is 143 Å². The van der Waals surface area contributed by atoms with Gasteiger partial charge in [-0.2, -0.15) is 8.42 Å². The molecule has 0 saturated carbocycles. The van der Waals surface area contributed by atoms with E-state index in [4.69, 9.17) is 4.18 Å². The van der Waals surface area contributed by atoms with Crippen molar-refractivity contribution in [2.24, 2.45) is 0 Å². The molecule has 1 fully saturated rings. The molecule has 0 aliphatic carbocycles. The number of hydrogen-bond acceptors (Lipinski definition) is 4. The van der Waals surface area contributed by atoms with Crippen LogP contribution >= 0.6 is 0 Å². The van der Waals surface area contributed by atoms with Crippen molar-refractivity contribution >= 4 is 10.1 Å². The number of hydrogen-bond donors (Lipinski definition) is 0. The second-order valence-corrected chi connectivity index (χ2v) is 12.4.